The van der Waals surface area contributed by atoms with E-state index in [0.717, 1.165) is 6.07 Å². The van der Waals surface area contributed by atoms with Crippen LogP contribution in [0.25, 0.3) is 0 Å². The van der Waals surface area contributed by atoms with E-state index in [9.17, 15) is 14.0 Å². The normalized spacial score (nSPS) is 35.4. The molecule has 0 heterocycles. The Hall–Kier alpha value is -1.91. The van der Waals surface area contributed by atoms with Crippen molar-refractivity contribution in [3.05, 3.63) is 29.6 Å². The fourth-order valence-corrected chi connectivity index (χ4v) is 4.65. The van der Waals surface area contributed by atoms with Gasteiger partial charge in [0, 0.05) is 5.92 Å². The van der Waals surface area contributed by atoms with Gasteiger partial charge < -0.3 is 10.4 Å². The smallest absolute Gasteiger partial charge is 0.335 e. The molecule has 110 valence electrons. The molecule has 4 nitrogen and oxygen atoms in total. The molecule has 0 spiro atoms. The molecule has 0 radical (unpaired) electrons. The average Bonchev–Trinajstić information content (AvgIpc) is 2.90. The van der Waals surface area contributed by atoms with Crippen molar-refractivity contribution in [1.82, 2.24) is 0 Å². The number of carbonyl (C=O) groups is 2. The van der Waals surface area contributed by atoms with Crippen LogP contribution in [-0.2, 0) is 4.79 Å². The van der Waals surface area contributed by atoms with E-state index in [0.29, 0.717) is 23.7 Å². The average molecular weight is 289 g/mol. The molecule has 3 aliphatic carbocycles. The van der Waals surface area contributed by atoms with Crippen molar-refractivity contribution in [3.8, 4) is 0 Å². The van der Waals surface area contributed by atoms with E-state index in [-0.39, 0.29) is 23.1 Å². The van der Waals surface area contributed by atoms with Gasteiger partial charge in [-0.3, -0.25) is 4.79 Å². The van der Waals surface area contributed by atoms with Gasteiger partial charge in [-0.1, -0.05) is 0 Å². The van der Waals surface area contributed by atoms with Gasteiger partial charge in [0.25, 0.3) is 0 Å². The summed E-state index contributed by atoms with van der Waals surface area (Å²) >= 11 is 0. The number of hydrogen-bond acceptors (Lipinski definition) is 2. The Balaban J connectivity index is 1.51. The summed E-state index contributed by atoms with van der Waals surface area (Å²) in [5, 5.41) is 11.5. The van der Waals surface area contributed by atoms with E-state index in [2.05, 4.69) is 5.32 Å². The van der Waals surface area contributed by atoms with Crippen LogP contribution in [0, 0.1) is 35.4 Å². The Morgan fingerprint density at radius 1 is 1.19 bits per heavy atom. The second-order valence-corrected chi connectivity index (χ2v) is 6.50. The van der Waals surface area contributed by atoms with Crippen LogP contribution >= 0.6 is 0 Å². The second-order valence-electron chi connectivity index (χ2n) is 6.50. The highest BCUT2D eigenvalue weighted by Gasteiger charge is 2.67. The molecule has 1 aromatic carbocycles. The maximum atomic E-state index is 13.7. The number of hydrogen-bond donors (Lipinski definition) is 2. The summed E-state index contributed by atoms with van der Waals surface area (Å²) in [4.78, 5) is 23.2. The number of aromatic carboxylic acids is 1. The number of rotatable bonds is 3. The number of anilines is 1. The van der Waals surface area contributed by atoms with Crippen LogP contribution in [0.15, 0.2) is 18.2 Å². The topological polar surface area (TPSA) is 66.4 Å². The molecule has 0 aliphatic heterocycles. The monoisotopic (exact) mass is 289 g/mol. The Morgan fingerprint density at radius 3 is 2.48 bits per heavy atom. The molecule has 3 saturated carbocycles. The lowest BCUT2D eigenvalue weighted by atomic mass is 10.0. The third-order valence-corrected chi connectivity index (χ3v) is 5.51. The van der Waals surface area contributed by atoms with Crippen molar-refractivity contribution in [2.24, 2.45) is 29.6 Å². The van der Waals surface area contributed by atoms with Crippen molar-refractivity contribution in [3.63, 3.8) is 0 Å². The number of carbonyl (C=O) groups excluding carboxylic acids is 1. The summed E-state index contributed by atoms with van der Waals surface area (Å²) in [6.45, 7) is 0. The Labute approximate surface area is 121 Å². The zero-order chi connectivity index (χ0) is 14.7. The van der Waals surface area contributed by atoms with Gasteiger partial charge in [-0.2, -0.15) is 0 Å². The summed E-state index contributed by atoms with van der Waals surface area (Å²) in [6.07, 6.45) is 3.69. The molecule has 21 heavy (non-hydrogen) atoms. The van der Waals surface area contributed by atoms with Gasteiger partial charge in [0.1, 0.15) is 5.82 Å². The van der Waals surface area contributed by atoms with E-state index < -0.39 is 11.8 Å². The van der Waals surface area contributed by atoms with Gasteiger partial charge in [0.2, 0.25) is 5.91 Å². The first-order chi connectivity index (χ1) is 10.1. The van der Waals surface area contributed by atoms with Crippen LogP contribution < -0.4 is 5.32 Å². The molecule has 1 aromatic rings. The van der Waals surface area contributed by atoms with E-state index in [1.54, 1.807) is 0 Å². The number of carboxylic acids is 1. The Bertz CT molecular complexity index is 628. The number of benzene rings is 1. The lowest BCUT2D eigenvalue weighted by molar-refractivity contribution is -0.118. The van der Waals surface area contributed by atoms with Gasteiger partial charge in [-0.15, -0.1) is 0 Å². The lowest BCUT2D eigenvalue weighted by Gasteiger charge is -2.10. The van der Waals surface area contributed by atoms with Gasteiger partial charge in [0.05, 0.1) is 11.3 Å². The minimum atomic E-state index is -1.13. The number of carboxylic acid groups (broad SMARTS) is 1. The molecule has 3 fully saturated rings. The molecule has 1 amide bonds. The van der Waals surface area contributed by atoms with Crippen molar-refractivity contribution in [1.29, 1.82) is 0 Å². The summed E-state index contributed by atoms with van der Waals surface area (Å²) in [7, 11) is 0. The minimum absolute atomic E-state index is 0.00383. The van der Waals surface area contributed by atoms with Crippen LogP contribution in [0.1, 0.15) is 29.6 Å². The molecular weight excluding hydrogens is 273 g/mol. The van der Waals surface area contributed by atoms with E-state index in [1.807, 2.05) is 0 Å². The van der Waals surface area contributed by atoms with Crippen molar-refractivity contribution in [2.75, 3.05) is 5.32 Å². The molecular formula is C16H16FNO3. The first kappa shape index (κ1) is 12.8. The summed E-state index contributed by atoms with van der Waals surface area (Å²) < 4.78 is 13.7. The number of amides is 1. The highest BCUT2D eigenvalue weighted by molar-refractivity contribution is 5.97. The highest BCUT2D eigenvalue weighted by Crippen LogP contribution is 2.69. The van der Waals surface area contributed by atoms with Gasteiger partial charge in [-0.25, -0.2) is 9.18 Å². The molecule has 2 bridgehead atoms. The quantitative estimate of drug-likeness (QED) is 0.899. The van der Waals surface area contributed by atoms with E-state index in [1.165, 1.54) is 31.4 Å². The molecule has 4 rings (SSSR count). The fourth-order valence-electron chi connectivity index (χ4n) is 4.65. The van der Waals surface area contributed by atoms with Gasteiger partial charge in [-0.05, 0) is 61.1 Å². The van der Waals surface area contributed by atoms with Crippen LogP contribution in [-0.4, -0.2) is 17.0 Å². The third kappa shape index (κ3) is 1.87. The molecule has 3 aliphatic rings. The minimum Gasteiger partial charge on any atom is -0.478 e. The number of halogens is 1. The first-order valence-corrected chi connectivity index (χ1v) is 7.40. The number of fused-ring (bicyclic) bond motifs is 5. The van der Waals surface area contributed by atoms with Crippen molar-refractivity contribution < 1.29 is 19.1 Å². The fraction of sp³-hybridized carbons (Fsp3) is 0.500. The lowest BCUT2D eigenvalue weighted by Crippen LogP contribution is -2.19. The summed E-state index contributed by atoms with van der Waals surface area (Å²) in [6, 6.07) is 3.46. The SMILES string of the molecule is O=C(O)c1ccc(F)c(NC(=O)C2[C@H]3[C@H]4CC[C@@H](C4)[C@H]23)c1. The molecule has 5 heteroatoms. The highest BCUT2D eigenvalue weighted by atomic mass is 19.1. The Morgan fingerprint density at radius 2 is 1.86 bits per heavy atom. The Kier molecular flexibility index (Phi) is 2.62. The third-order valence-electron chi connectivity index (χ3n) is 5.51. The first-order valence-electron chi connectivity index (χ1n) is 7.40. The van der Waals surface area contributed by atoms with E-state index in [4.69, 9.17) is 5.11 Å². The molecule has 4 atom stereocenters. The molecule has 0 aromatic heterocycles. The zero-order valence-corrected chi connectivity index (χ0v) is 11.4. The largest absolute Gasteiger partial charge is 0.478 e. The molecule has 2 N–H and O–H groups in total. The molecule has 0 saturated heterocycles. The van der Waals surface area contributed by atoms with Gasteiger partial charge in [0.15, 0.2) is 0 Å². The van der Waals surface area contributed by atoms with Crippen LogP contribution in [0.4, 0.5) is 10.1 Å². The van der Waals surface area contributed by atoms with Crippen molar-refractivity contribution >= 4 is 17.6 Å². The maximum Gasteiger partial charge on any atom is 0.335 e. The maximum absolute atomic E-state index is 13.7. The van der Waals surface area contributed by atoms with Crippen LogP contribution in [0.2, 0.25) is 0 Å². The summed E-state index contributed by atoms with van der Waals surface area (Å²) in [5.74, 6) is 0.432. The summed E-state index contributed by atoms with van der Waals surface area (Å²) in [5.41, 5.74) is -0.0556. The number of nitrogens with one attached hydrogen (secondary N) is 1. The molecule has 0 unspecified atom stereocenters. The second kappa shape index (κ2) is 4.29. The predicted molar refractivity (Wildman–Crippen MR) is 73.3 cm³/mol. The zero-order valence-electron chi connectivity index (χ0n) is 11.4. The van der Waals surface area contributed by atoms with Crippen LogP contribution in [0.3, 0.4) is 0 Å². The van der Waals surface area contributed by atoms with Crippen molar-refractivity contribution in [2.45, 2.75) is 19.3 Å². The van der Waals surface area contributed by atoms with E-state index >= 15 is 0 Å². The van der Waals surface area contributed by atoms with Gasteiger partial charge >= 0.3 is 5.97 Å². The van der Waals surface area contributed by atoms with Crippen LogP contribution in [0.5, 0.6) is 0 Å². The predicted octanol–water partition coefficient (Wildman–Crippen LogP) is 2.75. The standard InChI is InChI=1S/C16H16FNO3/c17-10-4-3-9(16(20)21)6-11(10)18-15(19)14-12-7-1-2-8(5-7)13(12)14/h3-4,6-8,12-14H,1-2,5H2,(H,18,19)(H,20,21)/t7-,8-,12-,13-/m0/s1.